The molecule has 0 bridgehead atoms. The summed E-state index contributed by atoms with van der Waals surface area (Å²) in [4.78, 5) is 15.8. The molecule has 0 saturated heterocycles. The second kappa shape index (κ2) is 7.73. The number of nitrogens with zero attached hydrogens (tertiary/aromatic N) is 1. The number of rotatable bonds is 6. The van der Waals surface area contributed by atoms with E-state index in [-0.39, 0.29) is 5.91 Å². The minimum absolute atomic E-state index is 0.0751. The molecule has 2 rings (SSSR count). The summed E-state index contributed by atoms with van der Waals surface area (Å²) >= 11 is 5.12. The fraction of sp³-hybridized carbons (Fsp3) is 0.312. The molecule has 112 valence electrons. The maximum absolute atomic E-state index is 12.8. The van der Waals surface area contributed by atoms with Crippen molar-refractivity contribution in [1.29, 1.82) is 0 Å². The van der Waals surface area contributed by atoms with Gasteiger partial charge in [-0.25, -0.2) is 0 Å². The molecule has 0 aliphatic carbocycles. The van der Waals surface area contributed by atoms with Crippen molar-refractivity contribution in [2.45, 2.75) is 19.9 Å². The van der Waals surface area contributed by atoms with Crippen LogP contribution in [0.2, 0.25) is 0 Å². The van der Waals surface area contributed by atoms with Crippen molar-refractivity contribution >= 4 is 33.2 Å². The summed E-state index contributed by atoms with van der Waals surface area (Å²) in [6.45, 7) is 3.88. The van der Waals surface area contributed by atoms with Crippen LogP contribution in [0.25, 0.3) is 0 Å². The zero-order valence-electron chi connectivity index (χ0n) is 12.0. The van der Waals surface area contributed by atoms with Crippen molar-refractivity contribution in [1.82, 2.24) is 4.90 Å². The second-order valence-corrected chi connectivity index (χ2v) is 7.27. The van der Waals surface area contributed by atoms with Gasteiger partial charge in [0.25, 0.3) is 5.91 Å². The van der Waals surface area contributed by atoms with E-state index in [0.717, 1.165) is 21.3 Å². The Balaban J connectivity index is 2.20. The van der Waals surface area contributed by atoms with E-state index in [1.54, 1.807) is 11.3 Å². The summed E-state index contributed by atoms with van der Waals surface area (Å²) in [7, 11) is 0. The number of carbonyl (C=O) groups is 1. The van der Waals surface area contributed by atoms with Gasteiger partial charge in [0.05, 0.1) is 10.3 Å². The predicted molar refractivity (Wildman–Crippen MR) is 91.6 cm³/mol. The minimum atomic E-state index is 0.0751. The molecule has 0 spiro atoms. The number of hydrogen-bond acceptors (Lipinski definition) is 3. The summed E-state index contributed by atoms with van der Waals surface area (Å²) in [5.74, 6) is 0.0751. The number of carbonyl (C=O) groups excluding carboxylic acids is 1. The quantitative estimate of drug-likeness (QED) is 0.847. The van der Waals surface area contributed by atoms with E-state index in [9.17, 15) is 4.79 Å². The maximum Gasteiger partial charge on any atom is 0.254 e. The van der Waals surface area contributed by atoms with Gasteiger partial charge < -0.3 is 10.6 Å². The van der Waals surface area contributed by atoms with E-state index in [0.29, 0.717) is 19.6 Å². The van der Waals surface area contributed by atoms with Crippen molar-refractivity contribution in [3.05, 3.63) is 56.2 Å². The highest BCUT2D eigenvalue weighted by Crippen LogP contribution is 2.24. The Labute approximate surface area is 137 Å². The SMILES string of the molecule is CCN(Cc1ccc(Br)s1)C(=O)c1ccccc1CCN. The van der Waals surface area contributed by atoms with Gasteiger partial charge in [-0.05, 0) is 59.6 Å². The summed E-state index contributed by atoms with van der Waals surface area (Å²) in [5, 5.41) is 0. The molecule has 0 unspecified atom stereocenters. The lowest BCUT2D eigenvalue weighted by molar-refractivity contribution is 0.0753. The fourth-order valence-corrected chi connectivity index (χ4v) is 3.72. The highest BCUT2D eigenvalue weighted by Gasteiger charge is 2.17. The normalized spacial score (nSPS) is 10.6. The first kappa shape index (κ1) is 16.2. The molecule has 1 aromatic carbocycles. The van der Waals surface area contributed by atoms with Crippen molar-refractivity contribution < 1.29 is 4.79 Å². The maximum atomic E-state index is 12.8. The number of hydrogen-bond donors (Lipinski definition) is 1. The highest BCUT2D eigenvalue weighted by molar-refractivity contribution is 9.11. The zero-order chi connectivity index (χ0) is 15.2. The number of amides is 1. The van der Waals surface area contributed by atoms with Gasteiger partial charge in [-0.1, -0.05) is 18.2 Å². The van der Waals surface area contributed by atoms with Crippen LogP contribution in [0.3, 0.4) is 0 Å². The first-order valence-electron chi connectivity index (χ1n) is 6.97. The van der Waals surface area contributed by atoms with E-state index < -0.39 is 0 Å². The summed E-state index contributed by atoms with van der Waals surface area (Å²) < 4.78 is 1.09. The minimum Gasteiger partial charge on any atom is -0.334 e. The number of thiophene rings is 1. The molecular formula is C16H19BrN2OS. The molecular weight excluding hydrogens is 348 g/mol. The Kier molecular flexibility index (Phi) is 5.96. The van der Waals surface area contributed by atoms with Crippen LogP contribution in [0.4, 0.5) is 0 Å². The van der Waals surface area contributed by atoms with Gasteiger partial charge in [0.2, 0.25) is 0 Å². The largest absolute Gasteiger partial charge is 0.334 e. The third-order valence-electron chi connectivity index (χ3n) is 3.31. The van der Waals surface area contributed by atoms with Crippen molar-refractivity contribution in [2.24, 2.45) is 5.73 Å². The van der Waals surface area contributed by atoms with Gasteiger partial charge >= 0.3 is 0 Å². The Morgan fingerprint density at radius 3 is 2.67 bits per heavy atom. The Morgan fingerprint density at radius 2 is 2.05 bits per heavy atom. The molecule has 1 aromatic heterocycles. The first-order valence-corrected chi connectivity index (χ1v) is 8.58. The van der Waals surface area contributed by atoms with E-state index >= 15 is 0 Å². The lowest BCUT2D eigenvalue weighted by Crippen LogP contribution is -2.31. The summed E-state index contributed by atoms with van der Waals surface area (Å²) in [5.41, 5.74) is 7.42. The molecule has 2 N–H and O–H groups in total. The van der Waals surface area contributed by atoms with Crippen LogP contribution in [0, 0.1) is 0 Å². The molecule has 1 heterocycles. The van der Waals surface area contributed by atoms with Gasteiger partial charge in [0, 0.05) is 17.0 Å². The lowest BCUT2D eigenvalue weighted by Gasteiger charge is -2.21. The van der Waals surface area contributed by atoms with E-state index in [1.165, 1.54) is 4.88 Å². The van der Waals surface area contributed by atoms with Gasteiger partial charge in [-0.3, -0.25) is 4.79 Å². The lowest BCUT2D eigenvalue weighted by atomic mass is 10.0. The number of nitrogens with two attached hydrogens (primary N) is 1. The highest BCUT2D eigenvalue weighted by atomic mass is 79.9. The van der Waals surface area contributed by atoms with Gasteiger partial charge in [-0.2, -0.15) is 0 Å². The number of halogens is 1. The molecule has 0 aliphatic rings. The number of benzene rings is 1. The third kappa shape index (κ3) is 4.15. The van der Waals surface area contributed by atoms with Crippen LogP contribution in [0.15, 0.2) is 40.2 Å². The molecule has 0 saturated carbocycles. The monoisotopic (exact) mass is 366 g/mol. The summed E-state index contributed by atoms with van der Waals surface area (Å²) in [6, 6.07) is 11.8. The predicted octanol–water partition coefficient (Wildman–Crippen LogP) is 3.67. The first-order chi connectivity index (χ1) is 10.2. The molecule has 0 atom stereocenters. The van der Waals surface area contributed by atoms with Gasteiger partial charge in [0.15, 0.2) is 0 Å². The smallest absolute Gasteiger partial charge is 0.254 e. The Morgan fingerprint density at radius 1 is 1.29 bits per heavy atom. The average molecular weight is 367 g/mol. The van der Waals surface area contributed by atoms with Crippen LogP contribution < -0.4 is 5.73 Å². The molecule has 0 radical (unpaired) electrons. The molecule has 2 aromatic rings. The second-order valence-electron chi connectivity index (χ2n) is 4.72. The van der Waals surface area contributed by atoms with Crippen LogP contribution >= 0.6 is 27.3 Å². The Bertz CT molecular complexity index is 612. The van der Waals surface area contributed by atoms with Gasteiger partial charge in [-0.15, -0.1) is 11.3 Å². The van der Waals surface area contributed by atoms with Crippen molar-refractivity contribution in [2.75, 3.05) is 13.1 Å². The van der Waals surface area contributed by atoms with Crippen LogP contribution in [-0.4, -0.2) is 23.9 Å². The molecule has 0 aliphatic heterocycles. The molecule has 0 fully saturated rings. The topological polar surface area (TPSA) is 46.3 Å². The zero-order valence-corrected chi connectivity index (χ0v) is 14.4. The van der Waals surface area contributed by atoms with Crippen LogP contribution in [0.5, 0.6) is 0 Å². The van der Waals surface area contributed by atoms with E-state index in [4.69, 9.17) is 5.73 Å². The third-order valence-corrected chi connectivity index (χ3v) is 4.91. The van der Waals surface area contributed by atoms with Crippen molar-refractivity contribution in [3.63, 3.8) is 0 Å². The van der Waals surface area contributed by atoms with Crippen LogP contribution in [0.1, 0.15) is 27.7 Å². The van der Waals surface area contributed by atoms with E-state index in [1.807, 2.05) is 42.2 Å². The molecule has 3 nitrogen and oxygen atoms in total. The molecule has 1 amide bonds. The fourth-order valence-electron chi connectivity index (χ4n) is 2.22. The average Bonchev–Trinajstić information content (AvgIpc) is 2.90. The Hall–Kier alpha value is -1.17. The van der Waals surface area contributed by atoms with Crippen molar-refractivity contribution in [3.8, 4) is 0 Å². The van der Waals surface area contributed by atoms with Gasteiger partial charge in [0.1, 0.15) is 0 Å². The summed E-state index contributed by atoms with van der Waals surface area (Å²) in [6.07, 6.45) is 0.726. The van der Waals surface area contributed by atoms with E-state index in [2.05, 4.69) is 22.0 Å². The van der Waals surface area contributed by atoms with Crippen LogP contribution in [-0.2, 0) is 13.0 Å². The molecule has 21 heavy (non-hydrogen) atoms. The molecule has 5 heteroatoms. The standard InChI is InChI=1S/C16H19BrN2OS/c1-2-19(11-13-7-8-15(17)21-13)16(20)14-6-4-3-5-12(14)9-10-18/h3-8H,2,9-11,18H2,1H3.